The zero-order chi connectivity index (χ0) is 17.3. The minimum atomic E-state index is -0.391. The van der Waals surface area contributed by atoms with Crippen molar-refractivity contribution < 1.29 is 14.5 Å². The van der Waals surface area contributed by atoms with Crippen molar-refractivity contribution in [2.45, 2.75) is 38.8 Å². The zero-order valence-electron chi connectivity index (χ0n) is 14.1. The second kappa shape index (κ2) is 6.86. The molecule has 3 rings (SSSR count). The van der Waals surface area contributed by atoms with Gasteiger partial charge >= 0.3 is 0 Å². The van der Waals surface area contributed by atoms with E-state index in [0.717, 1.165) is 24.1 Å². The number of fused-ring (bicyclic) bond motifs is 1. The Kier molecular flexibility index (Phi) is 4.82. The molecule has 0 spiro atoms. The molecule has 1 amide bonds. The maximum atomic E-state index is 12.8. The van der Waals surface area contributed by atoms with Crippen LogP contribution in [0.4, 0.5) is 11.4 Å². The van der Waals surface area contributed by atoms with Crippen LogP contribution in [-0.2, 0) is 16.0 Å². The van der Waals surface area contributed by atoms with Gasteiger partial charge in [0.1, 0.15) is 0 Å². The molecule has 2 aliphatic heterocycles. The Hall–Kier alpha value is -1.99. The third-order valence-electron chi connectivity index (χ3n) is 4.86. The smallest absolute Gasteiger partial charge is 0.269 e. The van der Waals surface area contributed by atoms with E-state index in [2.05, 4.69) is 18.7 Å². The third-order valence-corrected chi connectivity index (χ3v) is 4.86. The number of amides is 1. The van der Waals surface area contributed by atoms with Gasteiger partial charge in [-0.3, -0.25) is 19.8 Å². The number of benzene rings is 1. The normalized spacial score (nSPS) is 24.5. The number of morpholine rings is 1. The van der Waals surface area contributed by atoms with Crippen LogP contribution in [-0.4, -0.2) is 54.1 Å². The number of carbonyl (C=O) groups excluding carboxylic acids is 1. The van der Waals surface area contributed by atoms with Crippen molar-refractivity contribution in [3.8, 4) is 0 Å². The van der Waals surface area contributed by atoms with E-state index in [1.807, 2.05) is 0 Å². The topological polar surface area (TPSA) is 75.9 Å². The number of non-ortho nitro benzene ring substituents is 1. The van der Waals surface area contributed by atoms with Crippen molar-refractivity contribution in [1.82, 2.24) is 4.90 Å². The van der Waals surface area contributed by atoms with Gasteiger partial charge in [-0.05, 0) is 38.3 Å². The van der Waals surface area contributed by atoms with Gasteiger partial charge in [0.05, 0.1) is 24.7 Å². The maximum absolute atomic E-state index is 12.8. The molecule has 2 aliphatic rings. The van der Waals surface area contributed by atoms with Crippen LogP contribution >= 0.6 is 0 Å². The number of hydrogen-bond acceptors (Lipinski definition) is 5. The first kappa shape index (κ1) is 16.9. The summed E-state index contributed by atoms with van der Waals surface area (Å²) in [4.78, 5) is 27.3. The van der Waals surface area contributed by atoms with Crippen molar-refractivity contribution >= 4 is 17.3 Å². The van der Waals surface area contributed by atoms with E-state index in [1.54, 1.807) is 17.0 Å². The van der Waals surface area contributed by atoms with Gasteiger partial charge in [-0.25, -0.2) is 0 Å². The monoisotopic (exact) mass is 333 g/mol. The van der Waals surface area contributed by atoms with Gasteiger partial charge in [-0.1, -0.05) is 0 Å². The van der Waals surface area contributed by atoms with E-state index in [0.29, 0.717) is 26.3 Å². The first-order valence-corrected chi connectivity index (χ1v) is 8.38. The third kappa shape index (κ3) is 3.27. The molecule has 1 aromatic carbocycles. The fourth-order valence-corrected chi connectivity index (χ4v) is 3.54. The lowest BCUT2D eigenvalue weighted by Crippen LogP contribution is -2.54. The molecule has 130 valence electrons. The minimum absolute atomic E-state index is 0.0467. The Morgan fingerprint density at radius 2 is 2.04 bits per heavy atom. The molecule has 7 nitrogen and oxygen atoms in total. The quantitative estimate of drug-likeness (QED) is 0.624. The fraction of sp³-hybridized carbons (Fsp3) is 0.588. The van der Waals surface area contributed by atoms with Gasteiger partial charge in [-0.15, -0.1) is 0 Å². The van der Waals surface area contributed by atoms with Gasteiger partial charge in [0.2, 0.25) is 5.91 Å². The van der Waals surface area contributed by atoms with E-state index in [-0.39, 0.29) is 23.7 Å². The summed E-state index contributed by atoms with van der Waals surface area (Å²) < 4.78 is 5.51. The summed E-state index contributed by atoms with van der Waals surface area (Å²) in [5, 5.41) is 10.9. The van der Waals surface area contributed by atoms with E-state index in [4.69, 9.17) is 4.74 Å². The van der Waals surface area contributed by atoms with Crippen LogP contribution in [0.3, 0.4) is 0 Å². The predicted molar refractivity (Wildman–Crippen MR) is 90.2 cm³/mol. The molecule has 0 radical (unpaired) electrons. The largest absolute Gasteiger partial charge is 0.378 e. The molecule has 0 saturated carbocycles. The molecule has 7 heteroatoms. The molecule has 1 saturated heterocycles. The molecular weight excluding hydrogens is 310 g/mol. The Bertz CT molecular complexity index is 639. The standard InChI is InChI=1S/C17H23N3O4/c1-12-10-24-11-13(2)19(12)9-17(21)18-7-3-4-14-8-15(20(22)23)5-6-16(14)18/h5-6,8,12-13H,3-4,7,9-11H2,1-2H3/t12-,13+. The molecule has 0 N–H and O–H groups in total. The van der Waals surface area contributed by atoms with Crippen LogP contribution in [0.25, 0.3) is 0 Å². The summed E-state index contributed by atoms with van der Waals surface area (Å²) in [5.74, 6) is 0.0467. The predicted octanol–water partition coefficient (Wildman–Crippen LogP) is 1.98. The number of nitro groups is 1. The van der Waals surface area contributed by atoms with Crippen LogP contribution in [0.2, 0.25) is 0 Å². The molecule has 0 aliphatic carbocycles. The summed E-state index contributed by atoms with van der Waals surface area (Å²) in [6.45, 7) is 6.42. The Labute approximate surface area is 141 Å². The Morgan fingerprint density at radius 1 is 1.33 bits per heavy atom. The Balaban J connectivity index is 1.78. The summed E-state index contributed by atoms with van der Waals surface area (Å²) in [7, 11) is 0. The molecule has 1 aromatic rings. The van der Waals surface area contributed by atoms with Crippen LogP contribution in [0, 0.1) is 10.1 Å². The van der Waals surface area contributed by atoms with Crippen molar-refractivity contribution in [2.75, 3.05) is 31.2 Å². The average Bonchev–Trinajstić information content (AvgIpc) is 2.57. The van der Waals surface area contributed by atoms with E-state index < -0.39 is 4.92 Å². The number of aryl methyl sites for hydroxylation is 1. The second-order valence-corrected chi connectivity index (χ2v) is 6.63. The van der Waals surface area contributed by atoms with Gasteiger partial charge in [0.25, 0.3) is 5.69 Å². The van der Waals surface area contributed by atoms with Crippen molar-refractivity contribution in [3.05, 3.63) is 33.9 Å². The number of anilines is 1. The second-order valence-electron chi connectivity index (χ2n) is 6.63. The molecule has 0 unspecified atom stereocenters. The molecular formula is C17H23N3O4. The summed E-state index contributed by atoms with van der Waals surface area (Å²) in [6.07, 6.45) is 1.60. The Morgan fingerprint density at radius 3 is 2.71 bits per heavy atom. The van der Waals surface area contributed by atoms with E-state index in [1.165, 1.54) is 6.07 Å². The van der Waals surface area contributed by atoms with Gasteiger partial charge < -0.3 is 9.64 Å². The lowest BCUT2D eigenvalue weighted by Gasteiger charge is -2.39. The molecule has 24 heavy (non-hydrogen) atoms. The summed E-state index contributed by atoms with van der Waals surface area (Å²) in [5.41, 5.74) is 1.77. The summed E-state index contributed by atoms with van der Waals surface area (Å²) >= 11 is 0. The van der Waals surface area contributed by atoms with Crippen LogP contribution < -0.4 is 4.90 Å². The number of hydrogen-bond donors (Lipinski definition) is 0. The lowest BCUT2D eigenvalue weighted by molar-refractivity contribution is -0.384. The van der Waals surface area contributed by atoms with Crippen molar-refractivity contribution in [1.29, 1.82) is 0 Å². The number of rotatable bonds is 3. The molecule has 2 atom stereocenters. The highest BCUT2D eigenvalue weighted by Gasteiger charge is 2.31. The van der Waals surface area contributed by atoms with Crippen LogP contribution in [0.5, 0.6) is 0 Å². The van der Waals surface area contributed by atoms with Crippen molar-refractivity contribution in [3.63, 3.8) is 0 Å². The van der Waals surface area contributed by atoms with Gasteiger partial charge in [0.15, 0.2) is 0 Å². The first-order chi connectivity index (χ1) is 11.5. The molecule has 2 heterocycles. The van der Waals surface area contributed by atoms with E-state index in [9.17, 15) is 14.9 Å². The lowest BCUT2D eigenvalue weighted by atomic mass is 10.0. The van der Waals surface area contributed by atoms with Gasteiger partial charge in [-0.2, -0.15) is 0 Å². The van der Waals surface area contributed by atoms with Crippen LogP contribution in [0.1, 0.15) is 25.8 Å². The number of nitrogens with zero attached hydrogens (tertiary/aromatic N) is 3. The minimum Gasteiger partial charge on any atom is -0.378 e. The van der Waals surface area contributed by atoms with Crippen molar-refractivity contribution in [2.24, 2.45) is 0 Å². The molecule has 0 aromatic heterocycles. The maximum Gasteiger partial charge on any atom is 0.269 e. The SMILES string of the molecule is C[C@@H]1COC[C@H](C)N1CC(=O)N1CCCc2cc([N+](=O)[O-])ccc21. The highest BCUT2D eigenvalue weighted by atomic mass is 16.6. The highest BCUT2D eigenvalue weighted by molar-refractivity contribution is 5.96. The first-order valence-electron chi connectivity index (χ1n) is 8.38. The summed E-state index contributed by atoms with van der Waals surface area (Å²) in [6, 6.07) is 5.19. The number of ether oxygens (including phenoxy) is 1. The fourth-order valence-electron chi connectivity index (χ4n) is 3.54. The number of nitro benzene ring substituents is 1. The zero-order valence-corrected chi connectivity index (χ0v) is 14.1. The highest BCUT2D eigenvalue weighted by Crippen LogP contribution is 2.30. The average molecular weight is 333 g/mol. The molecule has 1 fully saturated rings. The molecule has 0 bridgehead atoms. The van der Waals surface area contributed by atoms with Crippen LogP contribution in [0.15, 0.2) is 18.2 Å². The van der Waals surface area contributed by atoms with E-state index >= 15 is 0 Å². The number of carbonyl (C=O) groups is 1. The van der Waals surface area contributed by atoms with Gasteiger partial charge in [0, 0.05) is 36.4 Å².